The van der Waals surface area contributed by atoms with E-state index < -0.39 is 0 Å². The third-order valence-corrected chi connectivity index (χ3v) is 3.72. The van der Waals surface area contributed by atoms with Crippen LogP contribution in [0.25, 0.3) is 0 Å². The fourth-order valence-corrected chi connectivity index (χ4v) is 2.61. The Kier molecular flexibility index (Phi) is 4.23. The molecule has 22 heavy (non-hydrogen) atoms. The molecule has 0 spiro atoms. The van der Waals surface area contributed by atoms with Crippen LogP contribution in [0.3, 0.4) is 0 Å². The van der Waals surface area contributed by atoms with E-state index in [9.17, 15) is 4.79 Å². The highest BCUT2D eigenvalue weighted by atomic mass is 16.5. The number of carbonyl (C=O) groups is 1. The molecule has 5 heteroatoms. The third-order valence-electron chi connectivity index (χ3n) is 3.72. The van der Waals surface area contributed by atoms with Gasteiger partial charge in [-0.1, -0.05) is 12.1 Å². The Morgan fingerprint density at radius 3 is 2.77 bits per heavy atom. The molecular weight excluding hydrogens is 280 g/mol. The smallest absolute Gasteiger partial charge is 0.257 e. The highest BCUT2D eigenvalue weighted by molar-refractivity contribution is 5.97. The molecule has 1 fully saturated rings. The van der Waals surface area contributed by atoms with Gasteiger partial charge in [0.05, 0.1) is 19.2 Å². The van der Waals surface area contributed by atoms with Gasteiger partial charge in [0.15, 0.2) is 0 Å². The van der Waals surface area contributed by atoms with E-state index >= 15 is 0 Å². The van der Waals surface area contributed by atoms with E-state index in [1.165, 1.54) is 0 Å². The fourth-order valence-electron chi connectivity index (χ4n) is 2.61. The Morgan fingerprint density at radius 2 is 2.00 bits per heavy atom. The van der Waals surface area contributed by atoms with Crippen molar-refractivity contribution in [2.75, 3.05) is 20.2 Å². The van der Waals surface area contributed by atoms with Crippen molar-refractivity contribution in [1.29, 1.82) is 0 Å². The van der Waals surface area contributed by atoms with Crippen LogP contribution in [0.2, 0.25) is 0 Å². The number of pyridine rings is 1. The molecule has 0 aliphatic carbocycles. The molecule has 1 aliphatic heterocycles. The Hall–Kier alpha value is -2.56. The summed E-state index contributed by atoms with van der Waals surface area (Å²) in [4.78, 5) is 18.4. The minimum Gasteiger partial charge on any atom is -0.496 e. The van der Waals surface area contributed by atoms with Gasteiger partial charge in [0, 0.05) is 25.4 Å². The zero-order valence-electron chi connectivity index (χ0n) is 12.4. The molecule has 114 valence electrons. The molecule has 0 saturated carbocycles. The van der Waals surface area contributed by atoms with Crippen LogP contribution < -0.4 is 9.47 Å². The van der Waals surface area contributed by atoms with Crippen molar-refractivity contribution in [1.82, 2.24) is 9.88 Å². The number of likely N-dealkylation sites (tertiary alicyclic amines) is 1. The maximum absolute atomic E-state index is 12.6. The van der Waals surface area contributed by atoms with Gasteiger partial charge >= 0.3 is 0 Å². The number of carbonyl (C=O) groups excluding carboxylic acids is 1. The van der Waals surface area contributed by atoms with Crippen molar-refractivity contribution in [3.8, 4) is 11.5 Å². The molecule has 1 atom stereocenters. The molecule has 3 rings (SSSR count). The molecule has 1 aliphatic rings. The van der Waals surface area contributed by atoms with E-state index in [1.807, 2.05) is 29.2 Å². The highest BCUT2D eigenvalue weighted by Crippen LogP contribution is 2.23. The van der Waals surface area contributed by atoms with E-state index in [0.29, 0.717) is 24.4 Å². The van der Waals surface area contributed by atoms with E-state index in [2.05, 4.69) is 4.98 Å². The van der Waals surface area contributed by atoms with Crippen molar-refractivity contribution in [3.05, 3.63) is 54.4 Å². The Balaban J connectivity index is 1.66. The minimum absolute atomic E-state index is 0.0149. The third kappa shape index (κ3) is 3.03. The number of aromatic nitrogens is 1. The lowest BCUT2D eigenvalue weighted by Gasteiger charge is -2.18. The Morgan fingerprint density at radius 1 is 1.23 bits per heavy atom. The van der Waals surface area contributed by atoms with Gasteiger partial charge in [-0.3, -0.25) is 9.78 Å². The Labute approximate surface area is 129 Å². The molecule has 2 heterocycles. The van der Waals surface area contributed by atoms with Crippen LogP contribution in [0.15, 0.2) is 48.8 Å². The van der Waals surface area contributed by atoms with E-state index in [1.54, 1.807) is 31.6 Å². The van der Waals surface area contributed by atoms with Crippen molar-refractivity contribution >= 4 is 5.91 Å². The van der Waals surface area contributed by atoms with Gasteiger partial charge in [-0.25, -0.2) is 0 Å². The average molecular weight is 298 g/mol. The lowest BCUT2D eigenvalue weighted by molar-refractivity contribution is 0.0769. The SMILES string of the molecule is COc1ccccc1C(=O)N1CC[C@@H](Oc2ccncc2)C1. The summed E-state index contributed by atoms with van der Waals surface area (Å²) < 4.78 is 11.1. The summed E-state index contributed by atoms with van der Waals surface area (Å²) in [6.45, 7) is 1.27. The molecule has 0 radical (unpaired) electrons. The second kappa shape index (κ2) is 6.47. The van der Waals surface area contributed by atoms with Crippen LogP contribution in [0.1, 0.15) is 16.8 Å². The summed E-state index contributed by atoms with van der Waals surface area (Å²) in [5, 5.41) is 0. The monoisotopic (exact) mass is 298 g/mol. The van der Waals surface area contributed by atoms with Gasteiger partial charge < -0.3 is 14.4 Å². The first-order valence-electron chi connectivity index (χ1n) is 7.27. The largest absolute Gasteiger partial charge is 0.496 e. The van der Waals surface area contributed by atoms with Crippen molar-refractivity contribution in [2.24, 2.45) is 0 Å². The van der Waals surface area contributed by atoms with E-state index in [4.69, 9.17) is 9.47 Å². The maximum Gasteiger partial charge on any atom is 0.257 e. The van der Waals surface area contributed by atoms with Crippen molar-refractivity contribution < 1.29 is 14.3 Å². The minimum atomic E-state index is -0.0155. The second-order valence-electron chi connectivity index (χ2n) is 5.16. The summed E-state index contributed by atoms with van der Waals surface area (Å²) in [6, 6.07) is 10.9. The van der Waals surface area contributed by atoms with E-state index in [0.717, 1.165) is 12.2 Å². The number of hydrogen-bond donors (Lipinski definition) is 0. The van der Waals surface area contributed by atoms with Crippen LogP contribution in [0.4, 0.5) is 0 Å². The van der Waals surface area contributed by atoms with Crippen LogP contribution in [0.5, 0.6) is 11.5 Å². The first kappa shape index (κ1) is 14.4. The zero-order valence-corrected chi connectivity index (χ0v) is 12.4. The summed E-state index contributed by atoms with van der Waals surface area (Å²) in [5.74, 6) is 1.37. The van der Waals surface area contributed by atoms with Crippen LogP contribution in [0, 0.1) is 0 Å². The molecule has 1 aromatic carbocycles. The first-order valence-corrected chi connectivity index (χ1v) is 7.27. The van der Waals surface area contributed by atoms with E-state index in [-0.39, 0.29) is 12.0 Å². The number of amides is 1. The van der Waals surface area contributed by atoms with Gasteiger partial charge in [-0.2, -0.15) is 0 Å². The van der Waals surface area contributed by atoms with Crippen molar-refractivity contribution in [3.63, 3.8) is 0 Å². The molecule has 0 unspecified atom stereocenters. The number of ether oxygens (including phenoxy) is 2. The normalized spacial score (nSPS) is 17.3. The maximum atomic E-state index is 12.6. The van der Waals surface area contributed by atoms with Crippen molar-refractivity contribution in [2.45, 2.75) is 12.5 Å². The van der Waals surface area contributed by atoms with Crippen LogP contribution >= 0.6 is 0 Å². The predicted molar refractivity (Wildman–Crippen MR) is 82.2 cm³/mol. The second-order valence-corrected chi connectivity index (χ2v) is 5.16. The lowest BCUT2D eigenvalue weighted by atomic mass is 10.2. The predicted octanol–water partition coefficient (Wildman–Crippen LogP) is 2.38. The topological polar surface area (TPSA) is 51.7 Å². The van der Waals surface area contributed by atoms with Gasteiger partial charge in [-0.15, -0.1) is 0 Å². The molecule has 1 saturated heterocycles. The molecule has 0 N–H and O–H groups in total. The quantitative estimate of drug-likeness (QED) is 0.869. The fraction of sp³-hybridized carbons (Fsp3) is 0.294. The first-order chi connectivity index (χ1) is 10.8. The number of hydrogen-bond acceptors (Lipinski definition) is 4. The summed E-state index contributed by atoms with van der Waals surface area (Å²) in [6.07, 6.45) is 4.23. The van der Waals surface area contributed by atoms with Gasteiger partial charge in [0.1, 0.15) is 17.6 Å². The van der Waals surface area contributed by atoms with Gasteiger partial charge in [0.25, 0.3) is 5.91 Å². The number of methoxy groups -OCH3 is 1. The van der Waals surface area contributed by atoms with Crippen LogP contribution in [-0.4, -0.2) is 42.1 Å². The standard InChI is InChI=1S/C17H18N2O3/c1-21-16-5-3-2-4-15(16)17(20)19-11-8-14(12-19)22-13-6-9-18-10-7-13/h2-7,9-10,14H,8,11-12H2,1H3/t14-/m1/s1. The zero-order chi connectivity index (χ0) is 15.4. The summed E-state index contributed by atoms with van der Waals surface area (Å²) >= 11 is 0. The Bertz CT molecular complexity index is 645. The number of para-hydroxylation sites is 1. The molecule has 1 amide bonds. The van der Waals surface area contributed by atoms with Gasteiger partial charge in [-0.05, 0) is 24.3 Å². The summed E-state index contributed by atoms with van der Waals surface area (Å²) in [5.41, 5.74) is 0.592. The number of benzene rings is 1. The van der Waals surface area contributed by atoms with Gasteiger partial charge in [0.2, 0.25) is 0 Å². The number of nitrogens with zero attached hydrogens (tertiary/aromatic N) is 2. The number of rotatable bonds is 4. The summed E-state index contributed by atoms with van der Waals surface area (Å²) in [7, 11) is 1.57. The molecule has 0 bridgehead atoms. The molecular formula is C17H18N2O3. The van der Waals surface area contributed by atoms with Crippen LogP contribution in [-0.2, 0) is 0 Å². The molecule has 5 nitrogen and oxygen atoms in total. The lowest BCUT2D eigenvalue weighted by Crippen LogP contribution is -2.31. The molecule has 2 aromatic rings. The highest BCUT2D eigenvalue weighted by Gasteiger charge is 2.29. The average Bonchev–Trinajstić information content (AvgIpc) is 3.03. The molecule has 1 aromatic heterocycles.